The van der Waals surface area contributed by atoms with Crippen LogP contribution < -0.4 is 4.74 Å². The normalized spacial score (nSPS) is 18.5. The van der Waals surface area contributed by atoms with Gasteiger partial charge in [0.2, 0.25) is 0 Å². The van der Waals surface area contributed by atoms with Crippen molar-refractivity contribution in [3.8, 4) is 5.75 Å². The van der Waals surface area contributed by atoms with Crippen molar-refractivity contribution in [3.05, 3.63) is 63.9 Å². The van der Waals surface area contributed by atoms with Gasteiger partial charge in [-0.25, -0.2) is 0 Å². The van der Waals surface area contributed by atoms with Gasteiger partial charge in [0.1, 0.15) is 11.5 Å². The maximum atomic E-state index is 12.8. The molecule has 1 aliphatic heterocycles. The zero-order valence-corrected chi connectivity index (χ0v) is 17.0. The molecular formula is C20H19BrN2O5. The van der Waals surface area contributed by atoms with E-state index in [2.05, 4.69) is 20.9 Å². The Labute approximate surface area is 170 Å². The molecule has 1 saturated heterocycles. The highest BCUT2D eigenvalue weighted by atomic mass is 79.9. The van der Waals surface area contributed by atoms with Crippen molar-refractivity contribution in [2.45, 2.75) is 6.04 Å². The minimum atomic E-state index is -0.746. The lowest BCUT2D eigenvalue weighted by molar-refractivity contribution is -0.140. The Morgan fingerprint density at radius 1 is 1.29 bits per heavy atom. The molecule has 1 amide bonds. The van der Waals surface area contributed by atoms with Crippen LogP contribution >= 0.6 is 15.9 Å². The number of halogens is 1. The first-order chi connectivity index (χ1) is 13.5. The summed E-state index contributed by atoms with van der Waals surface area (Å²) in [6.07, 6.45) is 3.18. The average Bonchev–Trinajstić information content (AvgIpc) is 2.97. The first-order valence-electron chi connectivity index (χ1n) is 8.50. The number of likely N-dealkylation sites (tertiary alicyclic amines) is 1. The van der Waals surface area contributed by atoms with E-state index in [1.54, 1.807) is 42.7 Å². The third kappa shape index (κ3) is 3.65. The first-order valence-corrected chi connectivity index (χ1v) is 9.30. The Hall–Kier alpha value is -2.71. The van der Waals surface area contributed by atoms with Crippen molar-refractivity contribution in [1.82, 2.24) is 9.88 Å². The number of Topliss-reactive ketones (excluding diaryl/α,β-unsaturated/α-hetero) is 1. The van der Waals surface area contributed by atoms with Crippen molar-refractivity contribution in [3.63, 3.8) is 0 Å². The first kappa shape index (κ1) is 20.0. The summed E-state index contributed by atoms with van der Waals surface area (Å²) >= 11 is 3.37. The van der Waals surface area contributed by atoms with Gasteiger partial charge in [0.15, 0.2) is 0 Å². The number of ether oxygens (including phenoxy) is 2. The molecule has 0 spiro atoms. The molecule has 2 heterocycles. The second-order valence-corrected chi connectivity index (χ2v) is 6.98. The Balaban J connectivity index is 2.15. The molecule has 0 aliphatic carbocycles. The van der Waals surface area contributed by atoms with Gasteiger partial charge < -0.3 is 19.5 Å². The van der Waals surface area contributed by atoms with Crippen LogP contribution in [0.2, 0.25) is 0 Å². The molecule has 1 aromatic heterocycles. The molecule has 28 heavy (non-hydrogen) atoms. The number of nitrogens with zero attached hydrogens (tertiary/aromatic N) is 2. The number of benzene rings is 1. The second kappa shape index (κ2) is 8.53. The van der Waals surface area contributed by atoms with Gasteiger partial charge in [-0.2, -0.15) is 0 Å². The highest BCUT2D eigenvalue weighted by molar-refractivity contribution is 9.10. The molecule has 3 rings (SSSR count). The number of methoxy groups -OCH3 is 2. The molecule has 1 aliphatic rings. The lowest BCUT2D eigenvalue weighted by atomic mass is 9.96. The molecule has 8 heteroatoms. The van der Waals surface area contributed by atoms with Gasteiger partial charge in [0.25, 0.3) is 11.7 Å². The maximum Gasteiger partial charge on any atom is 0.295 e. The van der Waals surface area contributed by atoms with Gasteiger partial charge in [0, 0.05) is 31.6 Å². The molecular weight excluding hydrogens is 428 g/mol. The molecule has 2 aromatic rings. The standard InChI is InChI=1S/C20H19BrN2O5/c1-27-9-8-23-17(13-4-3-7-22-11-13)16(19(25)20(23)26)18(24)12-5-6-15(28-2)14(21)10-12/h3-7,10-11,17,24H,8-9H2,1-2H3/b18-16-. The van der Waals surface area contributed by atoms with Crippen molar-refractivity contribution in [2.75, 3.05) is 27.4 Å². The Morgan fingerprint density at radius 2 is 2.07 bits per heavy atom. The van der Waals surface area contributed by atoms with E-state index in [0.717, 1.165) is 0 Å². The fraction of sp³-hybridized carbons (Fsp3) is 0.250. The van der Waals surface area contributed by atoms with Crippen LogP contribution in [0.25, 0.3) is 5.76 Å². The summed E-state index contributed by atoms with van der Waals surface area (Å²) in [6, 6.07) is 7.67. The van der Waals surface area contributed by atoms with Crippen molar-refractivity contribution < 1.29 is 24.2 Å². The number of carbonyl (C=O) groups is 2. The summed E-state index contributed by atoms with van der Waals surface area (Å²) in [5.41, 5.74) is 1.05. The Bertz CT molecular complexity index is 929. The van der Waals surface area contributed by atoms with E-state index in [1.165, 1.54) is 19.1 Å². The number of carbonyl (C=O) groups excluding carboxylic acids is 2. The summed E-state index contributed by atoms with van der Waals surface area (Å²) in [6.45, 7) is 0.474. The largest absolute Gasteiger partial charge is 0.507 e. The van der Waals surface area contributed by atoms with E-state index >= 15 is 0 Å². The molecule has 146 valence electrons. The topological polar surface area (TPSA) is 89.0 Å². The van der Waals surface area contributed by atoms with Gasteiger partial charge in [-0.15, -0.1) is 0 Å². The number of aromatic nitrogens is 1. The molecule has 0 bridgehead atoms. The van der Waals surface area contributed by atoms with E-state index in [-0.39, 0.29) is 24.5 Å². The van der Waals surface area contributed by atoms with E-state index in [1.807, 2.05) is 0 Å². The fourth-order valence-corrected chi connectivity index (χ4v) is 3.69. The van der Waals surface area contributed by atoms with Gasteiger partial charge in [-0.1, -0.05) is 6.07 Å². The average molecular weight is 447 g/mol. The number of amides is 1. The second-order valence-electron chi connectivity index (χ2n) is 6.12. The van der Waals surface area contributed by atoms with Crippen molar-refractivity contribution in [1.29, 1.82) is 0 Å². The SMILES string of the molecule is COCCN1C(=O)C(=O)/C(=C(\O)c2ccc(OC)c(Br)c2)C1c1cccnc1. The number of hydrogen-bond donors (Lipinski definition) is 1. The van der Waals surface area contributed by atoms with Gasteiger partial charge in [-0.05, 0) is 45.8 Å². The zero-order chi connectivity index (χ0) is 20.3. The van der Waals surface area contributed by atoms with Crippen LogP contribution in [0, 0.1) is 0 Å². The number of aliphatic hydroxyl groups excluding tert-OH is 1. The smallest absolute Gasteiger partial charge is 0.295 e. The van der Waals surface area contributed by atoms with Crippen LogP contribution in [-0.2, 0) is 14.3 Å². The van der Waals surface area contributed by atoms with E-state index in [0.29, 0.717) is 21.3 Å². The molecule has 7 nitrogen and oxygen atoms in total. The van der Waals surface area contributed by atoms with Crippen molar-refractivity contribution >= 4 is 33.4 Å². The summed E-state index contributed by atoms with van der Waals surface area (Å²) in [5, 5.41) is 10.9. The highest BCUT2D eigenvalue weighted by Crippen LogP contribution is 2.39. The molecule has 1 aromatic carbocycles. The number of pyridine rings is 1. The Kier molecular flexibility index (Phi) is 6.11. The summed E-state index contributed by atoms with van der Waals surface area (Å²) in [4.78, 5) is 30.9. The monoisotopic (exact) mass is 446 g/mol. The van der Waals surface area contributed by atoms with Gasteiger partial charge in [0.05, 0.1) is 29.8 Å². The van der Waals surface area contributed by atoms with Crippen LogP contribution in [0.4, 0.5) is 0 Å². The molecule has 1 unspecified atom stereocenters. The van der Waals surface area contributed by atoms with Crippen LogP contribution in [0.15, 0.2) is 52.8 Å². The molecule has 0 saturated carbocycles. The lowest BCUT2D eigenvalue weighted by Crippen LogP contribution is -2.32. The quantitative estimate of drug-likeness (QED) is 0.416. The summed E-state index contributed by atoms with van der Waals surface area (Å²) in [5.74, 6) is -1.09. The fourth-order valence-electron chi connectivity index (χ4n) is 3.15. The minimum absolute atomic E-state index is 0.0196. The number of aliphatic hydroxyl groups is 1. The van der Waals surface area contributed by atoms with Crippen LogP contribution in [0.1, 0.15) is 17.2 Å². The van der Waals surface area contributed by atoms with E-state index in [4.69, 9.17) is 9.47 Å². The minimum Gasteiger partial charge on any atom is -0.507 e. The van der Waals surface area contributed by atoms with Gasteiger partial charge >= 0.3 is 0 Å². The maximum absolute atomic E-state index is 12.8. The van der Waals surface area contributed by atoms with Gasteiger partial charge in [-0.3, -0.25) is 14.6 Å². The van der Waals surface area contributed by atoms with Crippen LogP contribution in [0.5, 0.6) is 5.75 Å². The highest BCUT2D eigenvalue weighted by Gasteiger charge is 2.46. The molecule has 1 atom stereocenters. The third-order valence-corrected chi connectivity index (χ3v) is 5.12. The molecule has 1 fully saturated rings. The Morgan fingerprint density at radius 3 is 2.68 bits per heavy atom. The zero-order valence-electron chi connectivity index (χ0n) is 15.4. The number of hydrogen-bond acceptors (Lipinski definition) is 6. The molecule has 1 N–H and O–H groups in total. The van der Waals surface area contributed by atoms with Crippen molar-refractivity contribution in [2.24, 2.45) is 0 Å². The third-order valence-electron chi connectivity index (χ3n) is 4.50. The molecule has 0 radical (unpaired) electrons. The number of ketones is 1. The number of rotatable bonds is 6. The van der Waals surface area contributed by atoms with Crippen LogP contribution in [0.3, 0.4) is 0 Å². The van der Waals surface area contributed by atoms with E-state index < -0.39 is 17.7 Å². The summed E-state index contributed by atoms with van der Waals surface area (Å²) < 4.78 is 10.9. The predicted octanol–water partition coefficient (Wildman–Crippen LogP) is 2.92. The summed E-state index contributed by atoms with van der Waals surface area (Å²) in [7, 11) is 3.05. The van der Waals surface area contributed by atoms with Crippen LogP contribution in [-0.4, -0.2) is 54.1 Å². The van der Waals surface area contributed by atoms with E-state index in [9.17, 15) is 14.7 Å². The lowest BCUT2D eigenvalue weighted by Gasteiger charge is -2.24. The predicted molar refractivity (Wildman–Crippen MR) is 106 cm³/mol.